The molecule has 0 saturated heterocycles. The van der Waals surface area contributed by atoms with E-state index in [1.807, 2.05) is 20.8 Å². The van der Waals surface area contributed by atoms with Crippen LogP contribution in [0, 0.1) is 0 Å². The molecular weight excluding hydrogens is 238 g/mol. The van der Waals surface area contributed by atoms with Crippen LogP contribution in [0.15, 0.2) is 18.2 Å². The third-order valence-electron chi connectivity index (χ3n) is 3.40. The number of amides is 1. The van der Waals surface area contributed by atoms with E-state index in [9.17, 15) is 4.79 Å². The number of ether oxygens (including phenoxy) is 1. The normalized spacial score (nSPS) is 15.1. The Hall–Kier alpha value is -1.51. The minimum absolute atomic E-state index is 0.208. The number of rotatable bonds is 1. The monoisotopic (exact) mass is 261 g/mol. The maximum Gasteiger partial charge on any atom is 0.410 e. The van der Waals surface area contributed by atoms with Crippen LogP contribution in [0.1, 0.15) is 44.4 Å². The van der Waals surface area contributed by atoms with Crippen LogP contribution in [0.3, 0.4) is 0 Å². The van der Waals surface area contributed by atoms with Gasteiger partial charge in [-0.1, -0.05) is 25.1 Å². The summed E-state index contributed by atoms with van der Waals surface area (Å²) in [5, 5.41) is 0. The van der Waals surface area contributed by atoms with Crippen molar-refractivity contribution in [2.75, 3.05) is 6.54 Å². The van der Waals surface area contributed by atoms with Gasteiger partial charge in [-0.2, -0.15) is 0 Å². The highest BCUT2D eigenvalue weighted by molar-refractivity contribution is 5.68. The summed E-state index contributed by atoms with van der Waals surface area (Å²) >= 11 is 0. The van der Waals surface area contributed by atoms with Gasteiger partial charge >= 0.3 is 6.09 Å². The summed E-state index contributed by atoms with van der Waals surface area (Å²) in [5.41, 5.74) is 3.66. The molecule has 2 rings (SSSR count). The molecular formula is C16H23NO2. The van der Waals surface area contributed by atoms with Gasteiger partial charge in [0.05, 0.1) is 0 Å². The highest BCUT2D eigenvalue weighted by Gasteiger charge is 2.26. The lowest BCUT2D eigenvalue weighted by Crippen LogP contribution is -2.40. The highest BCUT2D eigenvalue weighted by Crippen LogP contribution is 2.24. The lowest BCUT2D eigenvalue weighted by molar-refractivity contribution is 0.0223. The topological polar surface area (TPSA) is 29.5 Å². The molecule has 1 aromatic rings. The Morgan fingerprint density at radius 2 is 2.11 bits per heavy atom. The van der Waals surface area contributed by atoms with Gasteiger partial charge in [0.25, 0.3) is 0 Å². The molecule has 0 atom stereocenters. The van der Waals surface area contributed by atoms with Crippen molar-refractivity contribution in [3.05, 3.63) is 34.9 Å². The molecule has 1 aliphatic heterocycles. The molecule has 104 valence electrons. The first kappa shape index (κ1) is 13.9. The van der Waals surface area contributed by atoms with E-state index in [2.05, 4.69) is 25.1 Å². The van der Waals surface area contributed by atoms with Crippen LogP contribution in [-0.4, -0.2) is 23.1 Å². The van der Waals surface area contributed by atoms with Gasteiger partial charge in [0.15, 0.2) is 0 Å². The SMILES string of the molecule is CCc1cccc2c1CCN(C(=O)OC(C)(C)C)C2. The van der Waals surface area contributed by atoms with E-state index >= 15 is 0 Å². The van der Waals surface area contributed by atoms with E-state index < -0.39 is 5.60 Å². The fraction of sp³-hybridized carbons (Fsp3) is 0.562. The van der Waals surface area contributed by atoms with Crippen molar-refractivity contribution in [2.45, 2.75) is 52.7 Å². The Bertz CT molecular complexity index is 474. The molecule has 1 aromatic carbocycles. The van der Waals surface area contributed by atoms with Crippen molar-refractivity contribution < 1.29 is 9.53 Å². The number of fused-ring (bicyclic) bond motifs is 1. The minimum atomic E-state index is -0.428. The fourth-order valence-corrected chi connectivity index (χ4v) is 2.50. The van der Waals surface area contributed by atoms with Crippen molar-refractivity contribution >= 4 is 6.09 Å². The molecule has 3 heteroatoms. The minimum Gasteiger partial charge on any atom is -0.444 e. The molecule has 1 aliphatic rings. The number of hydrogen-bond donors (Lipinski definition) is 0. The van der Waals surface area contributed by atoms with Gasteiger partial charge in [0.2, 0.25) is 0 Å². The van der Waals surface area contributed by atoms with Crippen LogP contribution >= 0.6 is 0 Å². The number of benzene rings is 1. The molecule has 0 N–H and O–H groups in total. The molecule has 0 aliphatic carbocycles. The molecule has 0 saturated carbocycles. The quantitative estimate of drug-likeness (QED) is 0.774. The third kappa shape index (κ3) is 3.28. The number of hydrogen-bond acceptors (Lipinski definition) is 2. The number of aryl methyl sites for hydroxylation is 1. The van der Waals surface area contributed by atoms with Crippen molar-refractivity contribution in [1.82, 2.24) is 4.90 Å². The first-order valence-electron chi connectivity index (χ1n) is 6.98. The van der Waals surface area contributed by atoms with Gasteiger partial charge < -0.3 is 9.64 Å². The Labute approximate surface area is 115 Å². The van der Waals surface area contributed by atoms with Gasteiger partial charge in [-0.3, -0.25) is 0 Å². The van der Waals surface area contributed by atoms with Gasteiger partial charge in [-0.25, -0.2) is 4.79 Å². The summed E-state index contributed by atoms with van der Waals surface area (Å²) in [6.07, 6.45) is 1.77. The molecule has 19 heavy (non-hydrogen) atoms. The van der Waals surface area contributed by atoms with E-state index in [1.54, 1.807) is 4.90 Å². The molecule has 0 bridgehead atoms. The summed E-state index contributed by atoms with van der Waals surface area (Å²) in [4.78, 5) is 13.9. The highest BCUT2D eigenvalue weighted by atomic mass is 16.6. The zero-order chi connectivity index (χ0) is 14.0. The predicted molar refractivity (Wildman–Crippen MR) is 76.2 cm³/mol. The second-order valence-electron chi connectivity index (χ2n) is 6.06. The van der Waals surface area contributed by atoms with Crippen LogP contribution < -0.4 is 0 Å². The first-order chi connectivity index (χ1) is 8.90. The summed E-state index contributed by atoms with van der Waals surface area (Å²) in [6.45, 7) is 9.29. The fourth-order valence-electron chi connectivity index (χ4n) is 2.50. The second kappa shape index (κ2) is 5.24. The molecule has 0 spiro atoms. The van der Waals surface area contributed by atoms with Crippen LogP contribution in [0.2, 0.25) is 0 Å². The van der Waals surface area contributed by atoms with Crippen molar-refractivity contribution in [3.63, 3.8) is 0 Å². The van der Waals surface area contributed by atoms with Crippen LogP contribution in [0.25, 0.3) is 0 Å². The Kier molecular flexibility index (Phi) is 3.83. The molecule has 0 fully saturated rings. The summed E-state index contributed by atoms with van der Waals surface area (Å²) in [7, 11) is 0. The third-order valence-corrected chi connectivity index (χ3v) is 3.40. The van der Waals surface area contributed by atoms with E-state index in [0.29, 0.717) is 6.54 Å². The molecule has 0 aromatic heterocycles. The second-order valence-corrected chi connectivity index (χ2v) is 6.06. The lowest BCUT2D eigenvalue weighted by Gasteiger charge is -2.32. The molecule has 3 nitrogen and oxygen atoms in total. The van der Waals surface area contributed by atoms with E-state index in [-0.39, 0.29) is 6.09 Å². The van der Waals surface area contributed by atoms with Crippen molar-refractivity contribution in [3.8, 4) is 0 Å². The van der Waals surface area contributed by atoms with Crippen LogP contribution in [0.4, 0.5) is 4.79 Å². The summed E-state index contributed by atoms with van der Waals surface area (Å²) in [6, 6.07) is 6.38. The molecule has 0 unspecified atom stereocenters. The number of carbonyl (C=O) groups is 1. The van der Waals surface area contributed by atoms with Crippen molar-refractivity contribution in [2.24, 2.45) is 0 Å². The lowest BCUT2D eigenvalue weighted by atomic mass is 9.93. The standard InChI is InChI=1S/C16H23NO2/c1-5-12-7-6-8-13-11-17(10-9-14(12)13)15(18)19-16(2,3)4/h6-8H,5,9-11H2,1-4H3. The molecule has 1 amide bonds. The Morgan fingerprint density at radius 3 is 2.74 bits per heavy atom. The smallest absolute Gasteiger partial charge is 0.410 e. The van der Waals surface area contributed by atoms with Crippen LogP contribution in [0.5, 0.6) is 0 Å². The van der Waals surface area contributed by atoms with Gasteiger partial charge in [-0.05, 0) is 50.3 Å². The van der Waals surface area contributed by atoms with Gasteiger partial charge in [0, 0.05) is 13.1 Å². The van der Waals surface area contributed by atoms with Gasteiger partial charge in [0.1, 0.15) is 5.60 Å². The maximum absolute atomic E-state index is 12.1. The zero-order valence-electron chi connectivity index (χ0n) is 12.3. The average Bonchev–Trinajstić information content (AvgIpc) is 2.35. The van der Waals surface area contributed by atoms with E-state index in [1.165, 1.54) is 16.7 Å². The zero-order valence-corrected chi connectivity index (χ0v) is 12.3. The van der Waals surface area contributed by atoms with E-state index in [0.717, 1.165) is 19.4 Å². The molecule has 1 heterocycles. The largest absolute Gasteiger partial charge is 0.444 e. The number of nitrogens with zero attached hydrogens (tertiary/aromatic N) is 1. The molecule has 0 radical (unpaired) electrons. The Morgan fingerprint density at radius 1 is 1.37 bits per heavy atom. The van der Waals surface area contributed by atoms with E-state index in [4.69, 9.17) is 4.74 Å². The first-order valence-corrected chi connectivity index (χ1v) is 6.98. The summed E-state index contributed by atoms with van der Waals surface area (Å²) in [5.74, 6) is 0. The number of carbonyl (C=O) groups excluding carboxylic acids is 1. The Balaban J connectivity index is 2.12. The van der Waals surface area contributed by atoms with Gasteiger partial charge in [-0.15, -0.1) is 0 Å². The summed E-state index contributed by atoms with van der Waals surface area (Å²) < 4.78 is 5.44. The van der Waals surface area contributed by atoms with Crippen LogP contribution in [-0.2, 0) is 24.1 Å². The average molecular weight is 261 g/mol. The predicted octanol–water partition coefficient (Wildman–Crippen LogP) is 3.54. The van der Waals surface area contributed by atoms with Crippen molar-refractivity contribution in [1.29, 1.82) is 0 Å². The maximum atomic E-state index is 12.1.